The van der Waals surface area contributed by atoms with Crippen LogP contribution in [0.3, 0.4) is 0 Å². The lowest BCUT2D eigenvalue weighted by Gasteiger charge is -2.24. The molecule has 7 heteroatoms. The number of nitrogens with zero attached hydrogens (tertiary/aromatic N) is 1. The number of ether oxygens (including phenoxy) is 1. The maximum Gasteiger partial charge on any atom is 0.428 e. The summed E-state index contributed by atoms with van der Waals surface area (Å²) in [5, 5.41) is 5.99. The van der Waals surface area contributed by atoms with Crippen LogP contribution in [0, 0.1) is 0 Å². The Labute approximate surface area is 121 Å². The SMILES string of the molecule is COC(=O)c1cccc(B2NC(=O)c3ccccc3N2)n1. The van der Waals surface area contributed by atoms with Gasteiger partial charge in [-0.25, -0.2) is 4.79 Å². The lowest BCUT2D eigenvalue weighted by atomic mass is 9.69. The summed E-state index contributed by atoms with van der Waals surface area (Å²) in [5.41, 5.74) is 2.06. The van der Waals surface area contributed by atoms with Crippen LogP contribution in [0.15, 0.2) is 42.5 Å². The number of anilines is 1. The van der Waals surface area contributed by atoms with Gasteiger partial charge in [-0.15, -0.1) is 0 Å². The molecule has 0 saturated carbocycles. The third-order valence-corrected chi connectivity index (χ3v) is 3.21. The van der Waals surface area contributed by atoms with E-state index in [9.17, 15) is 9.59 Å². The van der Waals surface area contributed by atoms with Crippen LogP contribution in [0.1, 0.15) is 20.8 Å². The lowest BCUT2D eigenvalue weighted by molar-refractivity contribution is 0.0594. The standard InChI is InChI=1S/C14H12BN3O3/c1-21-14(20)11-7-4-8-12(16-11)15-17-10-6-3-2-5-9(10)13(19)18-15/h2-8,17H,1H3,(H,18,19). The second-order valence-corrected chi connectivity index (χ2v) is 4.54. The van der Waals surface area contributed by atoms with E-state index in [0.29, 0.717) is 11.2 Å². The Morgan fingerprint density at radius 3 is 2.76 bits per heavy atom. The first-order chi connectivity index (χ1) is 10.2. The number of hydrogen-bond acceptors (Lipinski definition) is 5. The predicted octanol–water partition coefficient (Wildman–Crippen LogP) is 0.419. The highest BCUT2D eigenvalue weighted by atomic mass is 16.5. The summed E-state index contributed by atoms with van der Waals surface area (Å²) in [7, 11) is 1.30. The van der Waals surface area contributed by atoms with Crippen LogP contribution in [0.25, 0.3) is 0 Å². The average Bonchev–Trinajstić information content (AvgIpc) is 2.54. The van der Waals surface area contributed by atoms with E-state index in [0.717, 1.165) is 5.69 Å². The number of hydrogen-bond donors (Lipinski definition) is 2. The van der Waals surface area contributed by atoms with Crippen molar-refractivity contribution >= 4 is 30.1 Å². The Morgan fingerprint density at radius 1 is 1.14 bits per heavy atom. The predicted molar refractivity (Wildman–Crippen MR) is 78.5 cm³/mol. The zero-order valence-electron chi connectivity index (χ0n) is 11.3. The van der Waals surface area contributed by atoms with E-state index in [2.05, 4.69) is 20.2 Å². The van der Waals surface area contributed by atoms with Crippen LogP contribution >= 0.6 is 0 Å². The van der Waals surface area contributed by atoms with Gasteiger partial charge in [0.2, 0.25) is 5.91 Å². The molecule has 2 N–H and O–H groups in total. The number of nitrogens with one attached hydrogen (secondary N) is 2. The van der Waals surface area contributed by atoms with E-state index in [1.807, 2.05) is 12.1 Å². The molecule has 0 unspecified atom stereocenters. The lowest BCUT2D eigenvalue weighted by Crippen LogP contribution is -2.58. The third kappa shape index (κ3) is 2.45. The van der Waals surface area contributed by atoms with Gasteiger partial charge in [0.25, 0.3) is 0 Å². The number of para-hydroxylation sites is 1. The molecule has 3 rings (SSSR count). The number of esters is 1. The Hall–Kier alpha value is -2.83. The Kier molecular flexibility index (Phi) is 3.31. The minimum absolute atomic E-state index is 0.181. The van der Waals surface area contributed by atoms with E-state index in [-0.39, 0.29) is 11.6 Å². The molecule has 1 aromatic heterocycles. The number of amides is 1. The highest BCUT2D eigenvalue weighted by Crippen LogP contribution is 2.18. The fourth-order valence-electron chi connectivity index (χ4n) is 2.19. The van der Waals surface area contributed by atoms with Crippen molar-refractivity contribution in [3.63, 3.8) is 0 Å². The smallest absolute Gasteiger partial charge is 0.428 e. The molecule has 0 fully saturated rings. The number of carbonyl (C=O) groups is 2. The number of fused-ring (bicyclic) bond motifs is 1. The topological polar surface area (TPSA) is 80.3 Å². The minimum Gasteiger partial charge on any atom is -0.464 e. The Balaban J connectivity index is 1.93. The van der Waals surface area contributed by atoms with Crippen molar-refractivity contribution in [3.05, 3.63) is 53.7 Å². The largest absolute Gasteiger partial charge is 0.464 e. The van der Waals surface area contributed by atoms with Crippen molar-refractivity contribution < 1.29 is 14.3 Å². The molecule has 0 atom stereocenters. The molecule has 6 nitrogen and oxygen atoms in total. The van der Waals surface area contributed by atoms with E-state index < -0.39 is 13.0 Å². The number of pyridine rings is 1. The summed E-state index contributed by atoms with van der Waals surface area (Å²) >= 11 is 0. The van der Waals surface area contributed by atoms with Crippen molar-refractivity contribution in [2.24, 2.45) is 0 Å². The van der Waals surface area contributed by atoms with Crippen molar-refractivity contribution in [3.8, 4) is 0 Å². The molecule has 0 radical (unpaired) electrons. The van der Waals surface area contributed by atoms with Crippen LogP contribution in [0.5, 0.6) is 0 Å². The molecule has 0 aliphatic carbocycles. The van der Waals surface area contributed by atoms with Crippen LogP contribution in [-0.2, 0) is 4.74 Å². The van der Waals surface area contributed by atoms with Crippen molar-refractivity contribution in [2.45, 2.75) is 0 Å². The van der Waals surface area contributed by atoms with Gasteiger partial charge in [-0.2, -0.15) is 0 Å². The van der Waals surface area contributed by atoms with Gasteiger partial charge in [0, 0.05) is 5.69 Å². The normalized spacial score (nSPS) is 13.0. The van der Waals surface area contributed by atoms with Gasteiger partial charge in [0.1, 0.15) is 5.69 Å². The first kappa shape index (κ1) is 13.2. The van der Waals surface area contributed by atoms with E-state index >= 15 is 0 Å². The number of carbonyl (C=O) groups excluding carboxylic acids is 2. The van der Waals surface area contributed by atoms with Crippen LogP contribution < -0.4 is 16.0 Å². The van der Waals surface area contributed by atoms with Crippen LogP contribution in [-0.4, -0.2) is 31.0 Å². The van der Waals surface area contributed by atoms with Crippen molar-refractivity contribution in [2.75, 3.05) is 12.3 Å². The highest BCUT2D eigenvalue weighted by molar-refractivity contribution is 6.76. The number of aromatic nitrogens is 1. The quantitative estimate of drug-likeness (QED) is 0.616. The van der Waals surface area contributed by atoms with E-state index in [4.69, 9.17) is 0 Å². The van der Waals surface area contributed by atoms with Crippen LogP contribution in [0.2, 0.25) is 0 Å². The minimum atomic E-state index is -0.514. The molecule has 0 bridgehead atoms. The van der Waals surface area contributed by atoms with E-state index in [1.165, 1.54) is 7.11 Å². The zero-order chi connectivity index (χ0) is 14.8. The maximum absolute atomic E-state index is 12.1. The zero-order valence-corrected chi connectivity index (χ0v) is 11.3. The van der Waals surface area contributed by atoms with Gasteiger partial charge < -0.3 is 15.2 Å². The molecule has 1 aliphatic heterocycles. The fourth-order valence-corrected chi connectivity index (χ4v) is 2.19. The van der Waals surface area contributed by atoms with Crippen molar-refractivity contribution in [1.29, 1.82) is 0 Å². The molecule has 1 aromatic carbocycles. The second-order valence-electron chi connectivity index (χ2n) is 4.54. The highest BCUT2D eigenvalue weighted by Gasteiger charge is 2.30. The molecule has 1 aliphatic rings. The number of rotatable bonds is 2. The molecule has 21 heavy (non-hydrogen) atoms. The molecule has 2 heterocycles. The molecular formula is C14H12BN3O3. The summed E-state index contributed by atoms with van der Waals surface area (Å²) in [6, 6.07) is 12.2. The molecule has 0 saturated heterocycles. The van der Waals surface area contributed by atoms with Crippen molar-refractivity contribution in [1.82, 2.24) is 10.2 Å². The Bertz CT molecular complexity index is 720. The molecular weight excluding hydrogens is 269 g/mol. The van der Waals surface area contributed by atoms with Gasteiger partial charge in [0.15, 0.2) is 0 Å². The maximum atomic E-state index is 12.1. The third-order valence-electron chi connectivity index (χ3n) is 3.21. The van der Waals surface area contributed by atoms with E-state index in [1.54, 1.807) is 30.3 Å². The monoisotopic (exact) mass is 281 g/mol. The van der Waals surface area contributed by atoms with Crippen LogP contribution in [0.4, 0.5) is 5.69 Å². The molecule has 2 aromatic rings. The fraction of sp³-hybridized carbons (Fsp3) is 0.0714. The molecule has 1 amide bonds. The molecule has 0 spiro atoms. The summed E-state index contributed by atoms with van der Waals surface area (Å²) in [6.07, 6.45) is 0. The Morgan fingerprint density at radius 2 is 1.95 bits per heavy atom. The first-order valence-electron chi connectivity index (χ1n) is 6.41. The summed E-state index contributed by atoms with van der Waals surface area (Å²) in [5.74, 6) is -0.695. The number of benzene rings is 1. The van der Waals surface area contributed by atoms with Gasteiger partial charge >= 0.3 is 13.0 Å². The second kappa shape index (κ2) is 5.28. The first-order valence-corrected chi connectivity index (χ1v) is 6.41. The van der Waals surface area contributed by atoms with Gasteiger partial charge in [-0.1, -0.05) is 18.2 Å². The van der Waals surface area contributed by atoms with Gasteiger partial charge in [-0.05, 0) is 24.3 Å². The average molecular weight is 281 g/mol. The summed E-state index contributed by atoms with van der Waals surface area (Å²) in [4.78, 5) is 27.8. The van der Waals surface area contributed by atoms with Gasteiger partial charge in [-0.3, -0.25) is 9.78 Å². The summed E-state index contributed by atoms with van der Waals surface area (Å²) < 4.78 is 4.65. The molecule has 104 valence electrons. The number of methoxy groups -OCH3 is 1. The van der Waals surface area contributed by atoms with Gasteiger partial charge in [0.05, 0.1) is 18.3 Å². The summed E-state index contributed by atoms with van der Waals surface area (Å²) in [6.45, 7) is -0.489.